The summed E-state index contributed by atoms with van der Waals surface area (Å²) in [5.41, 5.74) is 0. The third kappa shape index (κ3) is 1.56. The van der Waals surface area contributed by atoms with Crippen molar-refractivity contribution in [2.45, 2.75) is 6.04 Å². The highest BCUT2D eigenvalue weighted by Crippen LogP contribution is 2.44. The van der Waals surface area contributed by atoms with Crippen molar-refractivity contribution in [1.29, 1.82) is 0 Å². The van der Waals surface area contributed by atoms with Gasteiger partial charge in [0.1, 0.15) is 5.82 Å². The fourth-order valence-corrected chi connectivity index (χ4v) is 3.57. The van der Waals surface area contributed by atoms with Gasteiger partial charge in [0.25, 0.3) is 0 Å². The molecular weight excluding hydrogens is 290 g/mol. The molecule has 1 aromatic carbocycles. The zero-order valence-electron chi connectivity index (χ0n) is 9.86. The molecule has 0 spiro atoms. The first-order valence-corrected chi connectivity index (χ1v) is 7.14. The highest BCUT2D eigenvalue weighted by atomic mass is 79.9. The van der Waals surface area contributed by atoms with Crippen LogP contribution in [0.3, 0.4) is 0 Å². The van der Waals surface area contributed by atoms with Crippen LogP contribution in [0.5, 0.6) is 0 Å². The molecule has 1 saturated heterocycles. The quantitative estimate of drug-likeness (QED) is 0.895. The number of aromatic nitrogens is 1. The number of pyridine rings is 1. The van der Waals surface area contributed by atoms with Crippen LogP contribution in [0.4, 0.5) is 5.82 Å². The van der Waals surface area contributed by atoms with Gasteiger partial charge in [0, 0.05) is 40.6 Å². The third-order valence-corrected chi connectivity index (χ3v) is 4.84. The summed E-state index contributed by atoms with van der Waals surface area (Å²) in [7, 11) is 0. The van der Waals surface area contributed by atoms with Gasteiger partial charge >= 0.3 is 0 Å². The van der Waals surface area contributed by atoms with Gasteiger partial charge in [-0.2, -0.15) is 0 Å². The SMILES string of the molecule is Brc1cccc2c(NC3C4CNCC43)nccc12. The molecule has 0 amide bonds. The number of hydrogen-bond donors (Lipinski definition) is 2. The number of anilines is 1. The Morgan fingerprint density at radius 2 is 2.00 bits per heavy atom. The fourth-order valence-electron chi connectivity index (χ4n) is 3.07. The maximum Gasteiger partial charge on any atom is 0.134 e. The summed E-state index contributed by atoms with van der Waals surface area (Å²) in [6, 6.07) is 8.94. The molecule has 4 rings (SSSR count). The van der Waals surface area contributed by atoms with Gasteiger partial charge < -0.3 is 10.6 Å². The minimum Gasteiger partial charge on any atom is -0.366 e. The summed E-state index contributed by atoms with van der Waals surface area (Å²) in [6.45, 7) is 2.30. The molecule has 2 atom stereocenters. The Balaban J connectivity index is 1.70. The van der Waals surface area contributed by atoms with Gasteiger partial charge in [-0.05, 0) is 24.0 Å². The average Bonchev–Trinajstić information content (AvgIpc) is 2.84. The molecule has 2 fully saturated rings. The Morgan fingerprint density at radius 1 is 1.17 bits per heavy atom. The minimum absolute atomic E-state index is 0.614. The molecule has 18 heavy (non-hydrogen) atoms. The Bertz CT molecular complexity index is 603. The summed E-state index contributed by atoms with van der Waals surface area (Å²) < 4.78 is 1.13. The first-order chi connectivity index (χ1) is 8.84. The zero-order chi connectivity index (χ0) is 12.1. The zero-order valence-corrected chi connectivity index (χ0v) is 11.4. The molecule has 1 aliphatic heterocycles. The number of fused-ring (bicyclic) bond motifs is 2. The second kappa shape index (κ2) is 3.93. The van der Waals surface area contributed by atoms with Gasteiger partial charge in [-0.3, -0.25) is 0 Å². The molecule has 1 saturated carbocycles. The van der Waals surface area contributed by atoms with Gasteiger partial charge in [-0.25, -0.2) is 4.98 Å². The predicted molar refractivity (Wildman–Crippen MR) is 76.7 cm³/mol. The van der Waals surface area contributed by atoms with Crippen molar-refractivity contribution in [3.63, 3.8) is 0 Å². The summed E-state index contributed by atoms with van der Waals surface area (Å²) >= 11 is 3.60. The van der Waals surface area contributed by atoms with Crippen LogP contribution in [0.25, 0.3) is 10.8 Å². The normalized spacial score (nSPS) is 29.3. The van der Waals surface area contributed by atoms with E-state index in [1.807, 2.05) is 6.20 Å². The molecule has 2 N–H and O–H groups in total. The Labute approximate surface area is 114 Å². The molecule has 2 heterocycles. The van der Waals surface area contributed by atoms with Crippen LogP contribution < -0.4 is 10.6 Å². The number of hydrogen-bond acceptors (Lipinski definition) is 3. The Kier molecular flexibility index (Phi) is 2.35. The highest BCUT2D eigenvalue weighted by molar-refractivity contribution is 9.10. The van der Waals surface area contributed by atoms with E-state index in [1.54, 1.807) is 0 Å². The van der Waals surface area contributed by atoms with Crippen molar-refractivity contribution < 1.29 is 0 Å². The highest BCUT2D eigenvalue weighted by Gasteiger charge is 2.53. The maximum atomic E-state index is 4.50. The van der Waals surface area contributed by atoms with Crippen molar-refractivity contribution in [3.05, 3.63) is 34.9 Å². The lowest BCUT2D eigenvalue weighted by Gasteiger charge is -2.11. The first kappa shape index (κ1) is 10.8. The van der Waals surface area contributed by atoms with E-state index in [4.69, 9.17) is 0 Å². The minimum atomic E-state index is 0.614. The average molecular weight is 304 g/mol. The van der Waals surface area contributed by atoms with Crippen molar-refractivity contribution >= 4 is 32.5 Å². The van der Waals surface area contributed by atoms with Crippen LogP contribution in [0, 0.1) is 11.8 Å². The number of halogens is 1. The van der Waals surface area contributed by atoms with Gasteiger partial charge in [0.15, 0.2) is 0 Å². The number of nitrogens with one attached hydrogen (secondary N) is 2. The van der Waals surface area contributed by atoms with Gasteiger partial charge in [-0.1, -0.05) is 28.1 Å². The molecule has 92 valence electrons. The van der Waals surface area contributed by atoms with Crippen LogP contribution in [-0.2, 0) is 0 Å². The summed E-state index contributed by atoms with van der Waals surface area (Å²) in [5, 5.41) is 9.45. The van der Waals surface area contributed by atoms with Crippen molar-refractivity contribution in [2.24, 2.45) is 11.8 Å². The Hall–Kier alpha value is -1.13. The monoisotopic (exact) mass is 303 g/mol. The van der Waals surface area contributed by atoms with Crippen LogP contribution in [0.2, 0.25) is 0 Å². The van der Waals surface area contributed by atoms with Crippen molar-refractivity contribution in [1.82, 2.24) is 10.3 Å². The lowest BCUT2D eigenvalue weighted by atomic mass is 10.1. The number of nitrogens with zero attached hydrogens (tertiary/aromatic N) is 1. The third-order valence-electron chi connectivity index (χ3n) is 4.15. The summed E-state index contributed by atoms with van der Waals surface area (Å²) in [6.07, 6.45) is 1.88. The van der Waals surface area contributed by atoms with Crippen LogP contribution in [0.1, 0.15) is 0 Å². The summed E-state index contributed by atoms with van der Waals surface area (Å²) in [5.74, 6) is 2.62. The van der Waals surface area contributed by atoms with E-state index in [2.05, 4.69) is 55.8 Å². The van der Waals surface area contributed by atoms with E-state index in [0.717, 1.165) is 35.2 Å². The second-order valence-electron chi connectivity index (χ2n) is 5.15. The maximum absolute atomic E-state index is 4.50. The number of rotatable bonds is 2. The Morgan fingerprint density at radius 3 is 2.83 bits per heavy atom. The summed E-state index contributed by atoms with van der Waals surface area (Å²) in [4.78, 5) is 4.50. The van der Waals surface area contributed by atoms with Crippen LogP contribution >= 0.6 is 15.9 Å². The molecule has 2 unspecified atom stereocenters. The van der Waals surface area contributed by atoms with Gasteiger partial charge in [0.2, 0.25) is 0 Å². The van der Waals surface area contributed by atoms with Crippen molar-refractivity contribution in [2.75, 3.05) is 18.4 Å². The van der Waals surface area contributed by atoms with E-state index in [0.29, 0.717) is 6.04 Å². The smallest absolute Gasteiger partial charge is 0.134 e. The molecule has 0 radical (unpaired) electrons. The molecule has 1 aliphatic carbocycles. The van der Waals surface area contributed by atoms with Gasteiger partial charge in [0.05, 0.1) is 0 Å². The van der Waals surface area contributed by atoms with E-state index in [9.17, 15) is 0 Å². The lowest BCUT2D eigenvalue weighted by molar-refractivity contribution is 0.696. The first-order valence-electron chi connectivity index (χ1n) is 6.35. The topological polar surface area (TPSA) is 37.0 Å². The van der Waals surface area contributed by atoms with E-state index < -0.39 is 0 Å². The molecule has 2 aromatic rings. The molecular formula is C14H14BrN3. The molecule has 1 aromatic heterocycles. The standard InChI is InChI=1S/C14H14BrN3/c15-12-3-1-2-9-8(12)4-5-17-14(9)18-13-10-6-16-7-11(10)13/h1-5,10-11,13,16H,6-7H2,(H,17,18). The van der Waals surface area contributed by atoms with E-state index >= 15 is 0 Å². The molecule has 3 nitrogen and oxygen atoms in total. The molecule has 0 bridgehead atoms. The van der Waals surface area contributed by atoms with Crippen LogP contribution in [0.15, 0.2) is 34.9 Å². The molecule has 2 aliphatic rings. The molecule has 4 heteroatoms. The fraction of sp³-hybridized carbons (Fsp3) is 0.357. The van der Waals surface area contributed by atoms with E-state index in [1.165, 1.54) is 10.8 Å². The number of benzene rings is 1. The predicted octanol–water partition coefficient (Wildman–Crippen LogP) is 2.63. The number of piperidine rings is 1. The largest absolute Gasteiger partial charge is 0.366 e. The lowest BCUT2D eigenvalue weighted by Crippen LogP contribution is -2.21. The van der Waals surface area contributed by atoms with E-state index in [-0.39, 0.29) is 0 Å². The van der Waals surface area contributed by atoms with Crippen molar-refractivity contribution in [3.8, 4) is 0 Å². The van der Waals surface area contributed by atoms with Gasteiger partial charge in [-0.15, -0.1) is 0 Å². The second-order valence-corrected chi connectivity index (χ2v) is 6.00. The van der Waals surface area contributed by atoms with Crippen LogP contribution in [-0.4, -0.2) is 24.1 Å².